The molecule has 0 amide bonds. The van der Waals surface area contributed by atoms with Crippen LogP contribution in [0.3, 0.4) is 0 Å². The molecule has 4 rings (SSSR count). The van der Waals surface area contributed by atoms with Crippen LogP contribution >= 0.6 is 11.6 Å². The van der Waals surface area contributed by atoms with Gasteiger partial charge in [-0.05, 0) is 59.9 Å². The van der Waals surface area contributed by atoms with E-state index in [2.05, 4.69) is 10.3 Å². The fraction of sp³-hybridized carbons (Fsp3) is 0.200. The molecule has 0 aliphatic carbocycles. The molecule has 4 aromatic rings. The van der Waals surface area contributed by atoms with Crippen molar-refractivity contribution >= 4 is 38.3 Å². The number of nitrogens with zero attached hydrogens (tertiary/aromatic N) is 3. The van der Waals surface area contributed by atoms with Crippen LogP contribution in [-0.4, -0.2) is 39.7 Å². The first-order chi connectivity index (χ1) is 16.6. The Morgan fingerprint density at radius 1 is 1.03 bits per heavy atom. The maximum atomic E-state index is 13.0. The predicted octanol–water partition coefficient (Wildman–Crippen LogP) is 3.88. The first-order valence-corrected chi connectivity index (χ1v) is 12.9. The van der Waals surface area contributed by atoms with Gasteiger partial charge in [0.05, 0.1) is 11.1 Å². The van der Waals surface area contributed by atoms with Crippen molar-refractivity contribution < 1.29 is 18.3 Å². The molecular formula is C25H22ClN3O5S. The molecule has 10 heteroatoms. The SMILES string of the molecule is Cc1ccc2c(=O)n(CCC(C(=O)O)S(=O)(=O)Cc3ccc(-c4ccc(Cl)cc4)cc3)nnc2c1. The molecule has 0 aliphatic rings. The average Bonchev–Trinajstić information content (AvgIpc) is 2.81. The van der Waals surface area contributed by atoms with Gasteiger partial charge in [0.1, 0.15) is 5.52 Å². The number of carboxylic acid groups (broad SMARTS) is 1. The van der Waals surface area contributed by atoms with Crippen molar-refractivity contribution in [1.82, 2.24) is 15.0 Å². The standard InChI is InChI=1S/C25H22ClN3O5S/c1-16-2-11-21-22(14-16)27-28-29(24(21)30)13-12-23(25(31)32)35(33,34)15-17-3-5-18(6-4-17)19-7-9-20(26)10-8-19/h2-11,14,23H,12-13,15H2,1H3,(H,31,32). The Kier molecular flexibility index (Phi) is 7.00. The van der Waals surface area contributed by atoms with Crippen LogP contribution in [0.1, 0.15) is 17.5 Å². The Morgan fingerprint density at radius 2 is 1.66 bits per heavy atom. The topological polar surface area (TPSA) is 119 Å². The summed E-state index contributed by atoms with van der Waals surface area (Å²) < 4.78 is 26.9. The molecule has 0 radical (unpaired) electrons. The highest BCUT2D eigenvalue weighted by molar-refractivity contribution is 7.92. The molecular weight excluding hydrogens is 490 g/mol. The normalized spacial score (nSPS) is 12.5. The number of hydrogen-bond acceptors (Lipinski definition) is 6. The Morgan fingerprint density at radius 3 is 2.29 bits per heavy atom. The van der Waals surface area contributed by atoms with E-state index in [9.17, 15) is 23.1 Å². The lowest BCUT2D eigenvalue weighted by Gasteiger charge is -2.14. The molecule has 0 aliphatic heterocycles. The number of aromatic nitrogens is 3. The summed E-state index contributed by atoms with van der Waals surface area (Å²) in [7, 11) is -4.07. The zero-order chi connectivity index (χ0) is 25.2. The average molecular weight is 512 g/mol. The van der Waals surface area contributed by atoms with E-state index in [1.54, 1.807) is 54.6 Å². The van der Waals surface area contributed by atoms with E-state index in [1.165, 1.54) is 0 Å². The van der Waals surface area contributed by atoms with Crippen molar-refractivity contribution in [3.05, 3.63) is 93.2 Å². The van der Waals surface area contributed by atoms with Gasteiger partial charge >= 0.3 is 5.97 Å². The van der Waals surface area contributed by atoms with E-state index >= 15 is 0 Å². The number of halogens is 1. The third kappa shape index (κ3) is 5.58. The van der Waals surface area contributed by atoms with Gasteiger partial charge in [-0.1, -0.05) is 59.3 Å². The van der Waals surface area contributed by atoms with Crippen molar-refractivity contribution in [2.24, 2.45) is 0 Å². The third-order valence-electron chi connectivity index (χ3n) is 5.69. The number of fused-ring (bicyclic) bond motifs is 1. The molecule has 35 heavy (non-hydrogen) atoms. The summed E-state index contributed by atoms with van der Waals surface area (Å²) in [5.74, 6) is -1.91. The largest absolute Gasteiger partial charge is 0.480 e. The van der Waals surface area contributed by atoms with Crippen molar-refractivity contribution in [3.63, 3.8) is 0 Å². The molecule has 1 heterocycles. The molecule has 3 aromatic carbocycles. The van der Waals surface area contributed by atoms with Crippen LogP contribution in [0.25, 0.3) is 22.0 Å². The number of carbonyl (C=O) groups is 1. The van der Waals surface area contributed by atoms with Gasteiger partial charge in [0.15, 0.2) is 15.1 Å². The Bertz CT molecular complexity index is 1550. The minimum Gasteiger partial charge on any atom is -0.480 e. The van der Waals surface area contributed by atoms with Gasteiger partial charge in [-0.25, -0.2) is 13.1 Å². The molecule has 1 N–H and O–H groups in total. The van der Waals surface area contributed by atoms with Gasteiger partial charge in [0.2, 0.25) is 0 Å². The fourth-order valence-corrected chi connectivity index (χ4v) is 5.55. The summed E-state index contributed by atoms with van der Waals surface area (Å²) in [6.07, 6.45) is -0.313. The summed E-state index contributed by atoms with van der Waals surface area (Å²) in [5, 5.41) is 16.7. The number of sulfone groups is 1. The van der Waals surface area contributed by atoms with Crippen LogP contribution in [0, 0.1) is 6.92 Å². The number of aryl methyl sites for hydroxylation is 2. The lowest BCUT2D eigenvalue weighted by molar-refractivity contribution is -0.136. The molecule has 1 atom stereocenters. The highest BCUT2D eigenvalue weighted by Gasteiger charge is 2.32. The summed E-state index contributed by atoms with van der Waals surface area (Å²) in [4.78, 5) is 24.5. The summed E-state index contributed by atoms with van der Waals surface area (Å²) in [5.41, 5.74) is 3.16. The van der Waals surface area contributed by atoms with Crippen LogP contribution in [0.5, 0.6) is 0 Å². The van der Waals surface area contributed by atoms with Gasteiger partial charge in [0.25, 0.3) is 5.56 Å². The maximum absolute atomic E-state index is 13.0. The molecule has 8 nitrogen and oxygen atoms in total. The molecule has 0 spiro atoms. The molecule has 0 saturated heterocycles. The summed E-state index contributed by atoms with van der Waals surface area (Å²) in [6, 6.07) is 19.2. The van der Waals surface area contributed by atoms with Gasteiger partial charge in [-0.2, -0.15) is 0 Å². The van der Waals surface area contributed by atoms with Crippen molar-refractivity contribution in [2.75, 3.05) is 0 Å². The smallest absolute Gasteiger partial charge is 0.321 e. The predicted molar refractivity (Wildman–Crippen MR) is 134 cm³/mol. The van der Waals surface area contributed by atoms with Crippen LogP contribution < -0.4 is 5.56 Å². The van der Waals surface area contributed by atoms with E-state index in [0.29, 0.717) is 21.5 Å². The van der Waals surface area contributed by atoms with Crippen molar-refractivity contribution in [1.29, 1.82) is 0 Å². The lowest BCUT2D eigenvalue weighted by Crippen LogP contribution is -2.34. The van der Waals surface area contributed by atoms with Crippen molar-refractivity contribution in [3.8, 4) is 11.1 Å². The van der Waals surface area contributed by atoms with E-state index < -0.39 is 32.4 Å². The zero-order valence-electron chi connectivity index (χ0n) is 18.8. The third-order valence-corrected chi connectivity index (χ3v) is 7.98. The molecule has 1 unspecified atom stereocenters. The number of aliphatic carboxylic acids is 1. The Labute approximate surface area is 206 Å². The van der Waals surface area contributed by atoms with Crippen molar-refractivity contribution in [2.45, 2.75) is 30.9 Å². The first kappa shape index (κ1) is 24.6. The zero-order valence-corrected chi connectivity index (χ0v) is 20.3. The maximum Gasteiger partial charge on any atom is 0.321 e. The van der Waals surface area contributed by atoms with Crippen LogP contribution in [0.15, 0.2) is 71.5 Å². The van der Waals surface area contributed by atoms with E-state index in [4.69, 9.17) is 11.6 Å². The van der Waals surface area contributed by atoms with Gasteiger partial charge in [0, 0.05) is 11.6 Å². The molecule has 180 valence electrons. The quantitative estimate of drug-likeness (QED) is 0.381. The first-order valence-electron chi connectivity index (χ1n) is 10.8. The number of rotatable bonds is 8. The van der Waals surface area contributed by atoms with Crippen LogP contribution in [0.4, 0.5) is 0 Å². The van der Waals surface area contributed by atoms with Gasteiger partial charge in [-0.15, -0.1) is 5.10 Å². The van der Waals surface area contributed by atoms with E-state index in [0.717, 1.165) is 21.4 Å². The minimum absolute atomic E-state index is 0.193. The van der Waals surface area contributed by atoms with Crippen LogP contribution in [0.2, 0.25) is 5.02 Å². The molecule has 0 saturated carbocycles. The highest BCUT2D eigenvalue weighted by Crippen LogP contribution is 2.23. The summed E-state index contributed by atoms with van der Waals surface area (Å²) >= 11 is 5.92. The number of benzene rings is 3. The van der Waals surface area contributed by atoms with Gasteiger partial charge in [-0.3, -0.25) is 9.59 Å². The molecule has 0 fully saturated rings. The Hall–Kier alpha value is -3.56. The van der Waals surface area contributed by atoms with Gasteiger partial charge < -0.3 is 5.11 Å². The second kappa shape index (κ2) is 9.97. The lowest BCUT2D eigenvalue weighted by atomic mass is 10.0. The van der Waals surface area contributed by atoms with E-state index in [1.807, 2.05) is 19.1 Å². The molecule has 0 bridgehead atoms. The molecule has 1 aromatic heterocycles. The number of hydrogen-bond donors (Lipinski definition) is 1. The summed E-state index contributed by atoms with van der Waals surface area (Å²) in [6.45, 7) is 1.67. The fourth-order valence-electron chi connectivity index (χ4n) is 3.80. The monoisotopic (exact) mass is 511 g/mol. The number of carboxylic acids is 1. The second-order valence-electron chi connectivity index (χ2n) is 8.26. The minimum atomic E-state index is -4.07. The Balaban J connectivity index is 1.50. The second-order valence-corrected chi connectivity index (χ2v) is 10.9. The van der Waals surface area contributed by atoms with Crippen LogP contribution in [-0.2, 0) is 26.9 Å². The van der Waals surface area contributed by atoms with E-state index in [-0.39, 0.29) is 13.0 Å². The highest BCUT2D eigenvalue weighted by atomic mass is 35.5.